The van der Waals surface area contributed by atoms with Gasteiger partial charge in [-0.1, -0.05) is 18.2 Å². The number of nitrogens with one attached hydrogen (secondary N) is 2. The average molecular weight is 433 g/mol. The molecular weight excluding hydrogens is 410 g/mol. The summed E-state index contributed by atoms with van der Waals surface area (Å²) in [5.74, 6) is 1.21. The number of nitrogens with zero attached hydrogens (tertiary/aromatic N) is 1. The number of methoxy groups -OCH3 is 1. The Labute approximate surface area is 185 Å². The van der Waals surface area contributed by atoms with Gasteiger partial charge >= 0.3 is 0 Å². The van der Waals surface area contributed by atoms with E-state index in [0.29, 0.717) is 22.9 Å². The molecule has 2 amide bonds. The molecular formula is C24H23N3O5. The highest BCUT2D eigenvalue weighted by atomic mass is 16.5. The summed E-state index contributed by atoms with van der Waals surface area (Å²) < 4.78 is 15.9. The quantitative estimate of drug-likeness (QED) is 0.378. The van der Waals surface area contributed by atoms with E-state index in [1.807, 2.05) is 18.2 Å². The van der Waals surface area contributed by atoms with Crippen LogP contribution in [0.4, 0.5) is 5.69 Å². The zero-order chi connectivity index (χ0) is 22.6. The number of para-hydroxylation sites is 1. The molecule has 164 valence electrons. The van der Waals surface area contributed by atoms with Crippen LogP contribution in [0.1, 0.15) is 5.56 Å². The van der Waals surface area contributed by atoms with Crippen LogP contribution in [0.5, 0.6) is 17.2 Å². The molecule has 32 heavy (non-hydrogen) atoms. The number of rotatable bonds is 10. The van der Waals surface area contributed by atoms with Crippen LogP contribution < -0.4 is 25.0 Å². The van der Waals surface area contributed by atoms with Crippen molar-refractivity contribution < 1.29 is 23.8 Å². The molecule has 3 rings (SSSR count). The van der Waals surface area contributed by atoms with Crippen LogP contribution >= 0.6 is 0 Å². The Morgan fingerprint density at radius 1 is 0.781 bits per heavy atom. The first-order valence-electron chi connectivity index (χ1n) is 9.79. The normalized spacial score (nSPS) is 10.4. The Bertz CT molecular complexity index is 1040. The van der Waals surface area contributed by atoms with Gasteiger partial charge in [-0.15, -0.1) is 0 Å². The van der Waals surface area contributed by atoms with E-state index in [1.165, 1.54) is 6.21 Å². The first-order chi connectivity index (χ1) is 15.6. The lowest BCUT2D eigenvalue weighted by Crippen LogP contribution is -2.24. The summed E-state index contributed by atoms with van der Waals surface area (Å²) in [6, 6.07) is 23.0. The van der Waals surface area contributed by atoms with Crippen LogP contribution in [0.25, 0.3) is 0 Å². The van der Waals surface area contributed by atoms with E-state index in [0.717, 1.165) is 5.56 Å². The number of carbonyl (C=O) groups is 2. The van der Waals surface area contributed by atoms with Gasteiger partial charge in [0.1, 0.15) is 17.2 Å². The first kappa shape index (κ1) is 22.4. The minimum atomic E-state index is -0.368. The summed E-state index contributed by atoms with van der Waals surface area (Å²) in [6.45, 7) is -0.260. The van der Waals surface area contributed by atoms with Crippen LogP contribution in [0.2, 0.25) is 0 Å². The fourth-order valence-electron chi connectivity index (χ4n) is 2.55. The highest BCUT2D eigenvalue weighted by molar-refractivity contribution is 5.92. The first-order valence-corrected chi connectivity index (χ1v) is 9.79. The molecule has 0 spiro atoms. The minimum Gasteiger partial charge on any atom is -0.497 e. The average Bonchev–Trinajstić information content (AvgIpc) is 2.83. The molecule has 0 aliphatic carbocycles. The molecule has 8 heteroatoms. The SMILES string of the molecule is COc1ccc(NC(=O)COc2ccc(/C=N/NC(=O)COc3ccccc3)cc2)cc1. The van der Waals surface area contributed by atoms with Crippen molar-refractivity contribution in [2.24, 2.45) is 5.10 Å². The number of anilines is 1. The van der Waals surface area contributed by atoms with E-state index in [1.54, 1.807) is 67.8 Å². The molecule has 0 unspecified atom stereocenters. The number of hydrogen-bond donors (Lipinski definition) is 2. The molecule has 0 saturated heterocycles. The summed E-state index contributed by atoms with van der Waals surface area (Å²) in [6.07, 6.45) is 1.50. The maximum Gasteiger partial charge on any atom is 0.277 e. The lowest BCUT2D eigenvalue weighted by atomic mass is 10.2. The molecule has 0 atom stereocenters. The van der Waals surface area contributed by atoms with Crippen LogP contribution in [-0.2, 0) is 9.59 Å². The molecule has 0 saturated carbocycles. The highest BCUT2D eigenvalue weighted by Crippen LogP contribution is 2.15. The van der Waals surface area contributed by atoms with Crippen LogP contribution in [-0.4, -0.2) is 38.4 Å². The van der Waals surface area contributed by atoms with Gasteiger partial charge < -0.3 is 19.5 Å². The van der Waals surface area contributed by atoms with Gasteiger partial charge in [0.05, 0.1) is 13.3 Å². The molecule has 0 radical (unpaired) electrons. The van der Waals surface area contributed by atoms with Crippen molar-refractivity contribution in [3.05, 3.63) is 84.4 Å². The van der Waals surface area contributed by atoms with E-state index in [-0.39, 0.29) is 25.0 Å². The molecule has 3 aromatic rings. The monoisotopic (exact) mass is 433 g/mol. The van der Waals surface area contributed by atoms with E-state index < -0.39 is 0 Å². The van der Waals surface area contributed by atoms with Crippen molar-refractivity contribution in [1.29, 1.82) is 0 Å². The minimum absolute atomic E-state index is 0.128. The van der Waals surface area contributed by atoms with E-state index in [4.69, 9.17) is 14.2 Å². The van der Waals surface area contributed by atoms with Gasteiger partial charge in [0.2, 0.25) is 0 Å². The number of ether oxygens (including phenoxy) is 3. The Balaban J connectivity index is 1.38. The van der Waals surface area contributed by atoms with E-state index in [2.05, 4.69) is 15.8 Å². The lowest BCUT2D eigenvalue weighted by Gasteiger charge is -2.08. The predicted molar refractivity (Wildman–Crippen MR) is 121 cm³/mol. The summed E-state index contributed by atoms with van der Waals surface area (Å²) in [5.41, 5.74) is 3.81. The van der Waals surface area contributed by atoms with Crippen molar-refractivity contribution in [2.75, 3.05) is 25.6 Å². The van der Waals surface area contributed by atoms with Crippen molar-refractivity contribution in [3.63, 3.8) is 0 Å². The van der Waals surface area contributed by atoms with E-state index >= 15 is 0 Å². The summed E-state index contributed by atoms with van der Waals surface area (Å²) >= 11 is 0. The van der Waals surface area contributed by atoms with Crippen LogP contribution in [0.3, 0.4) is 0 Å². The molecule has 0 aromatic heterocycles. The molecule has 0 aliphatic heterocycles. The van der Waals surface area contributed by atoms with Gasteiger partial charge in [-0.3, -0.25) is 9.59 Å². The number of carbonyl (C=O) groups excluding carboxylic acids is 2. The second-order valence-electron chi connectivity index (χ2n) is 6.53. The van der Waals surface area contributed by atoms with Gasteiger partial charge in [0.15, 0.2) is 13.2 Å². The Morgan fingerprint density at radius 2 is 1.38 bits per heavy atom. The van der Waals surface area contributed by atoms with Crippen molar-refractivity contribution in [3.8, 4) is 17.2 Å². The summed E-state index contributed by atoms with van der Waals surface area (Å²) in [5, 5.41) is 6.64. The molecule has 0 bridgehead atoms. The van der Waals surface area contributed by atoms with Gasteiger partial charge in [0.25, 0.3) is 11.8 Å². The van der Waals surface area contributed by atoms with Gasteiger partial charge in [-0.2, -0.15) is 5.10 Å². The summed E-state index contributed by atoms with van der Waals surface area (Å²) in [4.78, 5) is 23.8. The molecule has 0 heterocycles. The van der Waals surface area contributed by atoms with Gasteiger partial charge in [-0.25, -0.2) is 5.43 Å². The molecule has 8 nitrogen and oxygen atoms in total. The van der Waals surface area contributed by atoms with Gasteiger partial charge in [0, 0.05) is 5.69 Å². The third-order valence-electron chi connectivity index (χ3n) is 4.14. The maximum atomic E-state index is 12.0. The van der Waals surface area contributed by atoms with Gasteiger partial charge in [-0.05, 0) is 66.2 Å². The standard InChI is InChI=1S/C24H23N3O5/c1-30-20-13-9-19(10-14-20)26-23(28)16-31-22-11-7-18(8-12-22)15-25-27-24(29)17-32-21-5-3-2-4-6-21/h2-15H,16-17H2,1H3,(H,26,28)(H,27,29)/b25-15+. The van der Waals surface area contributed by atoms with Crippen molar-refractivity contribution in [1.82, 2.24) is 5.43 Å². The fourth-order valence-corrected chi connectivity index (χ4v) is 2.55. The topological polar surface area (TPSA) is 98.3 Å². The molecule has 2 N–H and O–H groups in total. The highest BCUT2D eigenvalue weighted by Gasteiger charge is 2.04. The van der Waals surface area contributed by atoms with Crippen LogP contribution in [0.15, 0.2) is 84.0 Å². The van der Waals surface area contributed by atoms with Crippen molar-refractivity contribution >= 4 is 23.7 Å². The van der Waals surface area contributed by atoms with E-state index in [9.17, 15) is 9.59 Å². The second kappa shape index (κ2) is 11.8. The molecule has 0 fully saturated rings. The summed E-state index contributed by atoms with van der Waals surface area (Å²) in [7, 11) is 1.58. The largest absolute Gasteiger partial charge is 0.497 e. The Kier molecular flexibility index (Phi) is 8.21. The third kappa shape index (κ3) is 7.49. The number of amides is 2. The zero-order valence-electron chi connectivity index (χ0n) is 17.5. The predicted octanol–water partition coefficient (Wildman–Crippen LogP) is 3.24. The molecule has 3 aromatic carbocycles. The Hall–Kier alpha value is -4.33. The molecule has 0 aliphatic rings. The maximum absolute atomic E-state index is 12.0. The smallest absolute Gasteiger partial charge is 0.277 e. The Morgan fingerprint density at radius 3 is 2.03 bits per heavy atom. The zero-order valence-corrected chi connectivity index (χ0v) is 17.5. The second-order valence-corrected chi connectivity index (χ2v) is 6.53. The number of benzene rings is 3. The van der Waals surface area contributed by atoms with Crippen LogP contribution in [0, 0.1) is 0 Å². The third-order valence-corrected chi connectivity index (χ3v) is 4.14. The number of hydrogen-bond acceptors (Lipinski definition) is 6. The lowest BCUT2D eigenvalue weighted by molar-refractivity contribution is -0.123. The number of hydrazone groups is 1. The fraction of sp³-hybridized carbons (Fsp3) is 0.125. The van der Waals surface area contributed by atoms with Crippen molar-refractivity contribution in [2.45, 2.75) is 0 Å².